The van der Waals surface area contributed by atoms with Gasteiger partial charge < -0.3 is 5.32 Å². The van der Waals surface area contributed by atoms with E-state index in [4.69, 9.17) is 0 Å². The molecule has 0 radical (unpaired) electrons. The van der Waals surface area contributed by atoms with Crippen molar-refractivity contribution in [1.29, 1.82) is 0 Å². The summed E-state index contributed by atoms with van der Waals surface area (Å²) >= 11 is 0. The van der Waals surface area contributed by atoms with Crippen LogP contribution in [0.15, 0.2) is 55.5 Å². The first-order valence-corrected chi connectivity index (χ1v) is 7.48. The number of aromatic amines is 1. The van der Waals surface area contributed by atoms with Crippen molar-refractivity contribution >= 4 is 11.6 Å². The first kappa shape index (κ1) is 15.6. The average Bonchev–Trinajstić information content (AvgIpc) is 3.37. The molecular weight excluding hydrogens is 339 g/mol. The smallest absolute Gasteiger partial charge is 0.255 e. The number of nitrogens with one attached hydrogen (secondary N) is 2. The molecule has 9 nitrogen and oxygen atoms in total. The van der Waals surface area contributed by atoms with Crippen LogP contribution >= 0.6 is 0 Å². The summed E-state index contributed by atoms with van der Waals surface area (Å²) in [6.07, 6.45) is 5.63. The summed E-state index contributed by atoms with van der Waals surface area (Å²) in [4.78, 5) is 24.4. The molecule has 128 valence electrons. The van der Waals surface area contributed by atoms with Gasteiger partial charge in [0.15, 0.2) is 11.6 Å². The van der Waals surface area contributed by atoms with Crippen LogP contribution in [0.25, 0.3) is 17.2 Å². The number of rotatable bonds is 4. The molecule has 0 saturated heterocycles. The number of nitrogens with zero attached hydrogens (tertiary/aromatic N) is 6. The van der Waals surface area contributed by atoms with Crippen LogP contribution in [0.4, 0.5) is 10.1 Å². The molecule has 0 atom stereocenters. The Balaban J connectivity index is 1.59. The minimum absolute atomic E-state index is 0.207. The monoisotopic (exact) mass is 350 g/mol. The van der Waals surface area contributed by atoms with Gasteiger partial charge in [0.2, 0.25) is 0 Å². The molecule has 10 heteroatoms. The van der Waals surface area contributed by atoms with Crippen molar-refractivity contribution in [3.05, 3.63) is 66.9 Å². The van der Waals surface area contributed by atoms with Gasteiger partial charge in [0.25, 0.3) is 5.91 Å². The fraction of sp³-hybridized carbons (Fsp3) is 0. The molecule has 0 spiro atoms. The molecule has 4 aromatic rings. The summed E-state index contributed by atoms with van der Waals surface area (Å²) in [7, 11) is 0. The Labute approximate surface area is 146 Å². The molecular formula is C16H11FN8O. The van der Waals surface area contributed by atoms with Gasteiger partial charge in [0, 0.05) is 17.4 Å². The van der Waals surface area contributed by atoms with E-state index in [-0.39, 0.29) is 17.3 Å². The molecule has 0 bridgehead atoms. The van der Waals surface area contributed by atoms with Gasteiger partial charge >= 0.3 is 0 Å². The van der Waals surface area contributed by atoms with Crippen molar-refractivity contribution in [3.63, 3.8) is 0 Å². The summed E-state index contributed by atoms with van der Waals surface area (Å²) in [5.41, 5.74) is 0.997. The highest BCUT2D eigenvalue weighted by Crippen LogP contribution is 2.23. The fourth-order valence-electron chi connectivity index (χ4n) is 2.33. The minimum Gasteiger partial charge on any atom is -0.322 e. The minimum atomic E-state index is -0.475. The maximum Gasteiger partial charge on any atom is 0.255 e. The first-order valence-electron chi connectivity index (χ1n) is 7.48. The Morgan fingerprint density at radius 3 is 2.85 bits per heavy atom. The first-order chi connectivity index (χ1) is 12.7. The van der Waals surface area contributed by atoms with Gasteiger partial charge in [-0.15, -0.1) is 0 Å². The SMILES string of the molecule is O=C(Nc1ccc(F)c(-c2ncn[nH]2)c1)c1ccnc(-n2cncn2)c1. The quantitative estimate of drug-likeness (QED) is 0.580. The summed E-state index contributed by atoms with van der Waals surface area (Å²) in [6, 6.07) is 7.34. The third-order valence-electron chi connectivity index (χ3n) is 3.56. The largest absolute Gasteiger partial charge is 0.322 e. The number of anilines is 1. The van der Waals surface area contributed by atoms with Crippen molar-refractivity contribution < 1.29 is 9.18 Å². The van der Waals surface area contributed by atoms with E-state index in [9.17, 15) is 9.18 Å². The molecule has 0 aliphatic carbocycles. The summed E-state index contributed by atoms with van der Waals surface area (Å²) in [5, 5.41) is 13.0. The zero-order valence-corrected chi connectivity index (χ0v) is 13.2. The van der Waals surface area contributed by atoms with Crippen molar-refractivity contribution in [2.45, 2.75) is 0 Å². The number of amides is 1. The zero-order chi connectivity index (χ0) is 17.9. The summed E-state index contributed by atoms with van der Waals surface area (Å²) < 4.78 is 15.4. The number of aromatic nitrogens is 7. The van der Waals surface area contributed by atoms with Crippen molar-refractivity contribution in [1.82, 2.24) is 34.9 Å². The normalized spacial score (nSPS) is 10.7. The van der Waals surface area contributed by atoms with Crippen LogP contribution in [-0.2, 0) is 0 Å². The number of hydrogen-bond acceptors (Lipinski definition) is 6. The number of hydrogen-bond donors (Lipinski definition) is 2. The predicted octanol–water partition coefficient (Wildman–Crippen LogP) is 1.84. The summed E-state index contributed by atoms with van der Waals surface area (Å²) in [6.45, 7) is 0. The van der Waals surface area contributed by atoms with Crippen LogP contribution in [0.5, 0.6) is 0 Å². The molecule has 0 aliphatic heterocycles. The van der Waals surface area contributed by atoms with E-state index >= 15 is 0 Å². The second-order valence-corrected chi connectivity index (χ2v) is 5.23. The molecule has 26 heavy (non-hydrogen) atoms. The lowest BCUT2D eigenvalue weighted by molar-refractivity contribution is 0.102. The Morgan fingerprint density at radius 1 is 1.15 bits per heavy atom. The number of benzene rings is 1. The Morgan fingerprint density at radius 2 is 2.08 bits per heavy atom. The second kappa shape index (κ2) is 6.51. The van der Waals surface area contributed by atoms with E-state index < -0.39 is 5.82 Å². The number of carbonyl (C=O) groups excluding carboxylic acids is 1. The van der Waals surface area contributed by atoms with Gasteiger partial charge in [-0.1, -0.05) is 0 Å². The molecule has 0 fully saturated rings. The Hall–Kier alpha value is -3.95. The van der Waals surface area contributed by atoms with Crippen LogP contribution in [0.2, 0.25) is 0 Å². The topological polar surface area (TPSA) is 114 Å². The van der Waals surface area contributed by atoms with Crippen molar-refractivity contribution in [2.75, 3.05) is 5.32 Å². The van der Waals surface area contributed by atoms with E-state index in [1.54, 1.807) is 12.1 Å². The summed E-state index contributed by atoms with van der Waals surface area (Å²) in [5.74, 6) is -0.117. The second-order valence-electron chi connectivity index (χ2n) is 5.23. The highest BCUT2D eigenvalue weighted by atomic mass is 19.1. The maximum absolute atomic E-state index is 14.0. The predicted molar refractivity (Wildman–Crippen MR) is 88.9 cm³/mol. The molecule has 2 N–H and O–H groups in total. The lowest BCUT2D eigenvalue weighted by Crippen LogP contribution is -2.13. The van der Waals surface area contributed by atoms with Crippen molar-refractivity contribution in [2.24, 2.45) is 0 Å². The molecule has 0 saturated carbocycles. The van der Waals surface area contributed by atoms with Gasteiger partial charge in [-0.3, -0.25) is 9.89 Å². The Bertz CT molecular complexity index is 1050. The van der Waals surface area contributed by atoms with E-state index in [0.29, 0.717) is 17.1 Å². The third kappa shape index (κ3) is 3.02. The molecule has 1 amide bonds. The van der Waals surface area contributed by atoms with Crippen LogP contribution in [0.3, 0.4) is 0 Å². The van der Waals surface area contributed by atoms with Crippen LogP contribution in [0, 0.1) is 5.82 Å². The van der Waals surface area contributed by atoms with Gasteiger partial charge in [-0.2, -0.15) is 10.2 Å². The standard InChI is InChI=1S/C16H11FN8O/c17-13-2-1-11(6-12(13)15-20-8-21-24-15)23-16(26)10-3-4-19-14(5-10)25-9-18-7-22-25/h1-9H,(H,23,26)(H,20,21,24). The highest BCUT2D eigenvalue weighted by Gasteiger charge is 2.12. The van der Waals surface area contributed by atoms with Gasteiger partial charge in [-0.05, 0) is 30.3 Å². The molecule has 0 aliphatic rings. The molecule has 3 heterocycles. The molecule has 1 aromatic carbocycles. The van der Waals surface area contributed by atoms with E-state index in [0.717, 1.165) is 0 Å². The lowest BCUT2D eigenvalue weighted by atomic mass is 10.1. The average molecular weight is 350 g/mol. The van der Waals surface area contributed by atoms with Crippen LogP contribution in [-0.4, -0.2) is 40.8 Å². The third-order valence-corrected chi connectivity index (χ3v) is 3.56. The van der Waals surface area contributed by atoms with E-state index in [1.807, 2.05) is 0 Å². The Kier molecular flexibility index (Phi) is 3.90. The zero-order valence-electron chi connectivity index (χ0n) is 13.2. The van der Waals surface area contributed by atoms with Gasteiger partial charge in [-0.25, -0.2) is 24.0 Å². The van der Waals surface area contributed by atoms with Crippen molar-refractivity contribution in [3.8, 4) is 17.2 Å². The van der Waals surface area contributed by atoms with E-state index in [2.05, 4.69) is 35.6 Å². The molecule has 0 unspecified atom stereocenters. The molecule has 4 rings (SSSR count). The number of pyridine rings is 1. The van der Waals surface area contributed by atoms with E-state index in [1.165, 1.54) is 48.1 Å². The molecule has 3 aromatic heterocycles. The van der Waals surface area contributed by atoms with Gasteiger partial charge in [0.1, 0.15) is 24.8 Å². The van der Waals surface area contributed by atoms with Crippen LogP contribution < -0.4 is 5.32 Å². The maximum atomic E-state index is 14.0. The fourth-order valence-corrected chi connectivity index (χ4v) is 2.33. The lowest BCUT2D eigenvalue weighted by Gasteiger charge is -2.08. The number of halogens is 1. The highest BCUT2D eigenvalue weighted by molar-refractivity contribution is 6.04. The van der Waals surface area contributed by atoms with Gasteiger partial charge in [0.05, 0.1) is 5.56 Å². The van der Waals surface area contributed by atoms with Crippen LogP contribution in [0.1, 0.15) is 10.4 Å². The number of H-pyrrole nitrogens is 1. The number of carbonyl (C=O) groups is 1.